The molecule has 1 saturated carbocycles. The third-order valence-electron chi connectivity index (χ3n) is 3.64. The summed E-state index contributed by atoms with van der Waals surface area (Å²) < 4.78 is 5.35. The molecule has 1 amide bonds. The molecule has 1 fully saturated rings. The van der Waals surface area contributed by atoms with Crippen LogP contribution < -0.4 is 10.1 Å². The van der Waals surface area contributed by atoms with Gasteiger partial charge in [-0.05, 0) is 30.9 Å². The molecule has 0 atom stereocenters. The number of carbonyl (C=O) groups is 1. The number of carbonyl (C=O) groups excluding carboxylic acids is 1. The number of pyridine rings is 1. The van der Waals surface area contributed by atoms with E-state index in [4.69, 9.17) is 9.84 Å². The van der Waals surface area contributed by atoms with Gasteiger partial charge in [0.15, 0.2) is 6.61 Å². The van der Waals surface area contributed by atoms with E-state index < -0.39 is 0 Å². The Kier molecular flexibility index (Phi) is 5.80. The fourth-order valence-electron chi connectivity index (χ4n) is 2.44. The zero-order chi connectivity index (χ0) is 14.2. The van der Waals surface area contributed by atoms with E-state index in [-0.39, 0.29) is 19.1 Å². The van der Waals surface area contributed by atoms with Crippen LogP contribution in [0.5, 0.6) is 5.75 Å². The molecule has 5 heteroatoms. The van der Waals surface area contributed by atoms with Crippen molar-refractivity contribution in [2.75, 3.05) is 13.2 Å². The maximum absolute atomic E-state index is 11.7. The van der Waals surface area contributed by atoms with Gasteiger partial charge in [0.05, 0.1) is 18.5 Å². The van der Waals surface area contributed by atoms with Crippen molar-refractivity contribution in [2.24, 2.45) is 5.92 Å². The second-order valence-electron chi connectivity index (χ2n) is 5.24. The van der Waals surface area contributed by atoms with Gasteiger partial charge in [0.25, 0.3) is 5.91 Å². The van der Waals surface area contributed by atoms with Crippen molar-refractivity contribution in [1.82, 2.24) is 10.3 Å². The number of aliphatic hydroxyl groups excluding tert-OH is 1. The predicted octanol–water partition coefficient (Wildman–Crippen LogP) is 1.65. The Bertz CT molecular complexity index is 414. The van der Waals surface area contributed by atoms with Crippen molar-refractivity contribution in [3.63, 3.8) is 0 Å². The summed E-state index contributed by atoms with van der Waals surface area (Å²) in [5.41, 5.74) is 0.583. The van der Waals surface area contributed by atoms with E-state index in [1.807, 2.05) is 0 Å². The van der Waals surface area contributed by atoms with Gasteiger partial charge in [0, 0.05) is 6.54 Å². The fraction of sp³-hybridized carbons (Fsp3) is 0.600. The molecule has 0 saturated heterocycles. The molecule has 0 bridgehead atoms. The van der Waals surface area contributed by atoms with Crippen molar-refractivity contribution in [3.8, 4) is 5.75 Å². The molecule has 2 rings (SSSR count). The maximum Gasteiger partial charge on any atom is 0.257 e. The molecular formula is C15H22N2O3. The fourth-order valence-corrected chi connectivity index (χ4v) is 2.44. The summed E-state index contributed by atoms with van der Waals surface area (Å²) in [7, 11) is 0. The van der Waals surface area contributed by atoms with Crippen molar-refractivity contribution in [2.45, 2.75) is 38.7 Å². The van der Waals surface area contributed by atoms with Gasteiger partial charge < -0.3 is 15.2 Å². The van der Waals surface area contributed by atoms with Crippen LogP contribution in [0.2, 0.25) is 0 Å². The Balaban J connectivity index is 1.66. The van der Waals surface area contributed by atoms with Crippen LogP contribution in [0.4, 0.5) is 0 Å². The quantitative estimate of drug-likeness (QED) is 0.830. The highest BCUT2D eigenvalue weighted by atomic mass is 16.5. The van der Waals surface area contributed by atoms with Crippen molar-refractivity contribution < 1.29 is 14.6 Å². The molecule has 1 aromatic heterocycles. The lowest BCUT2D eigenvalue weighted by molar-refractivity contribution is -0.123. The molecule has 1 aliphatic rings. The van der Waals surface area contributed by atoms with Crippen LogP contribution in [0.3, 0.4) is 0 Å². The number of hydrogen-bond donors (Lipinski definition) is 2. The molecule has 110 valence electrons. The monoisotopic (exact) mass is 278 g/mol. The SMILES string of the molecule is O=C(COc1ccc(CO)nc1)NCC1CCCCC1. The molecular weight excluding hydrogens is 256 g/mol. The molecule has 1 heterocycles. The first-order chi connectivity index (χ1) is 9.78. The van der Waals surface area contributed by atoms with E-state index in [0.717, 1.165) is 6.54 Å². The molecule has 0 unspecified atom stereocenters. The van der Waals surface area contributed by atoms with Crippen LogP contribution in [0, 0.1) is 5.92 Å². The minimum Gasteiger partial charge on any atom is -0.482 e. The standard InChI is InChI=1S/C15H22N2O3/c18-10-13-6-7-14(9-16-13)20-11-15(19)17-8-12-4-2-1-3-5-12/h6-7,9,12,18H,1-5,8,10-11H2,(H,17,19). The largest absolute Gasteiger partial charge is 0.482 e. The second-order valence-corrected chi connectivity index (χ2v) is 5.24. The first-order valence-electron chi connectivity index (χ1n) is 7.23. The molecule has 20 heavy (non-hydrogen) atoms. The number of aromatic nitrogens is 1. The zero-order valence-corrected chi connectivity index (χ0v) is 11.7. The highest BCUT2D eigenvalue weighted by Gasteiger charge is 2.14. The zero-order valence-electron chi connectivity index (χ0n) is 11.7. The molecule has 1 aromatic rings. The molecule has 2 N–H and O–H groups in total. The molecule has 5 nitrogen and oxygen atoms in total. The first-order valence-corrected chi connectivity index (χ1v) is 7.23. The number of amides is 1. The van der Waals surface area contributed by atoms with E-state index in [2.05, 4.69) is 10.3 Å². The average molecular weight is 278 g/mol. The number of nitrogens with one attached hydrogen (secondary N) is 1. The van der Waals surface area contributed by atoms with Crippen LogP contribution in [-0.2, 0) is 11.4 Å². The summed E-state index contributed by atoms with van der Waals surface area (Å²) >= 11 is 0. The molecule has 1 aliphatic carbocycles. The van der Waals surface area contributed by atoms with Crippen LogP contribution in [0.25, 0.3) is 0 Å². The average Bonchev–Trinajstić information content (AvgIpc) is 2.52. The lowest BCUT2D eigenvalue weighted by Gasteiger charge is -2.21. The summed E-state index contributed by atoms with van der Waals surface area (Å²) in [5, 5.41) is 11.8. The van der Waals surface area contributed by atoms with Crippen LogP contribution in [0.1, 0.15) is 37.8 Å². The number of ether oxygens (including phenoxy) is 1. The lowest BCUT2D eigenvalue weighted by Crippen LogP contribution is -2.33. The number of hydrogen-bond acceptors (Lipinski definition) is 4. The molecule has 0 aromatic carbocycles. The second kappa shape index (κ2) is 7.85. The Morgan fingerprint density at radius 1 is 1.35 bits per heavy atom. The third kappa shape index (κ3) is 4.81. The van der Waals surface area contributed by atoms with Crippen LogP contribution >= 0.6 is 0 Å². The molecule has 0 radical (unpaired) electrons. The van der Waals surface area contributed by atoms with Gasteiger partial charge >= 0.3 is 0 Å². The summed E-state index contributed by atoms with van der Waals surface area (Å²) in [4.78, 5) is 15.7. The highest BCUT2D eigenvalue weighted by molar-refractivity contribution is 5.77. The summed E-state index contributed by atoms with van der Waals surface area (Å²) in [6.07, 6.45) is 7.82. The van der Waals surface area contributed by atoms with E-state index in [1.165, 1.54) is 38.3 Å². The Hall–Kier alpha value is -1.62. The van der Waals surface area contributed by atoms with Gasteiger partial charge in [-0.3, -0.25) is 9.78 Å². The normalized spacial score (nSPS) is 15.8. The Morgan fingerprint density at radius 3 is 2.80 bits per heavy atom. The smallest absolute Gasteiger partial charge is 0.257 e. The van der Waals surface area contributed by atoms with Gasteiger partial charge in [0.1, 0.15) is 5.75 Å². The lowest BCUT2D eigenvalue weighted by atomic mass is 9.89. The van der Waals surface area contributed by atoms with Crippen molar-refractivity contribution in [3.05, 3.63) is 24.0 Å². The Morgan fingerprint density at radius 2 is 2.15 bits per heavy atom. The van der Waals surface area contributed by atoms with Crippen LogP contribution in [0.15, 0.2) is 18.3 Å². The minimum atomic E-state index is -0.0955. The maximum atomic E-state index is 11.7. The van der Waals surface area contributed by atoms with Crippen molar-refractivity contribution >= 4 is 5.91 Å². The summed E-state index contributed by atoms with van der Waals surface area (Å²) in [6.45, 7) is 0.666. The van der Waals surface area contributed by atoms with Crippen molar-refractivity contribution in [1.29, 1.82) is 0 Å². The van der Waals surface area contributed by atoms with Gasteiger partial charge in [-0.1, -0.05) is 19.3 Å². The van der Waals surface area contributed by atoms with E-state index in [9.17, 15) is 4.79 Å². The summed E-state index contributed by atoms with van der Waals surface area (Å²) in [6, 6.07) is 3.38. The van der Waals surface area contributed by atoms with E-state index in [1.54, 1.807) is 12.1 Å². The summed E-state index contributed by atoms with van der Waals surface area (Å²) in [5.74, 6) is 1.06. The topological polar surface area (TPSA) is 71.5 Å². The van der Waals surface area contributed by atoms with Gasteiger partial charge in [0.2, 0.25) is 0 Å². The van der Waals surface area contributed by atoms with E-state index >= 15 is 0 Å². The number of rotatable bonds is 6. The number of aliphatic hydroxyl groups is 1. The Labute approximate surface area is 119 Å². The van der Waals surface area contributed by atoms with E-state index in [0.29, 0.717) is 17.4 Å². The number of nitrogens with zero attached hydrogens (tertiary/aromatic N) is 1. The van der Waals surface area contributed by atoms with Crippen LogP contribution in [-0.4, -0.2) is 29.1 Å². The third-order valence-corrected chi connectivity index (χ3v) is 3.64. The highest BCUT2D eigenvalue weighted by Crippen LogP contribution is 2.22. The molecule has 0 aliphatic heterocycles. The molecule has 0 spiro atoms. The van der Waals surface area contributed by atoms with Gasteiger partial charge in [-0.2, -0.15) is 0 Å². The first kappa shape index (κ1) is 14.8. The minimum absolute atomic E-state index is 0.00682. The predicted molar refractivity (Wildman–Crippen MR) is 75.2 cm³/mol. The van der Waals surface area contributed by atoms with Gasteiger partial charge in [-0.15, -0.1) is 0 Å². The van der Waals surface area contributed by atoms with Gasteiger partial charge in [-0.25, -0.2) is 0 Å².